The van der Waals surface area contributed by atoms with Crippen LogP contribution in [0, 0.1) is 5.92 Å². The van der Waals surface area contributed by atoms with E-state index in [2.05, 4.69) is 67.5 Å². The van der Waals surface area contributed by atoms with Gasteiger partial charge in [0.25, 0.3) is 0 Å². The molecule has 1 aromatic rings. The predicted octanol–water partition coefficient (Wildman–Crippen LogP) is 5.80. The van der Waals surface area contributed by atoms with Crippen LogP contribution in [-0.2, 0) is 13.1 Å². The molecule has 3 aliphatic heterocycles. The van der Waals surface area contributed by atoms with Crippen LogP contribution in [0.3, 0.4) is 0 Å². The fourth-order valence-electron chi connectivity index (χ4n) is 6.20. The molecule has 3 nitrogen and oxygen atoms in total. The van der Waals surface area contributed by atoms with Crippen LogP contribution >= 0.6 is 11.6 Å². The molecular weight excluding hydrogens is 390 g/mol. The van der Waals surface area contributed by atoms with E-state index in [4.69, 9.17) is 11.6 Å². The Kier molecular flexibility index (Phi) is 6.57. The van der Waals surface area contributed by atoms with Gasteiger partial charge in [0.05, 0.1) is 0 Å². The lowest BCUT2D eigenvalue weighted by molar-refractivity contribution is -0.0174. The molecule has 3 aliphatic rings. The second-order valence-corrected chi connectivity index (χ2v) is 12.1. The molecule has 0 saturated carbocycles. The molecular formula is C26H42ClN3. The van der Waals surface area contributed by atoms with Crippen molar-refractivity contribution in [3.8, 4) is 0 Å². The highest BCUT2D eigenvalue weighted by Crippen LogP contribution is 2.38. The molecule has 2 fully saturated rings. The summed E-state index contributed by atoms with van der Waals surface area (Å²) in [6, 6.07) is 7.16. The largest absolute Gasteiger partial charge is 0.298 e. The van der Waals surface area contributed by atoms with Crippen LogP contribution in [0.2, 0.25) is 5.02 Å². The summed E-state index contributed by atoms with van der Waals surface area (Å²) in [5.41, 5.74) is 3.45. The first-order valence-corrected chi connectivity index (χ1v) is 12.5. The number of rotatable bonds is 4. The molecule has 3 heterocycles. The van der Waals surface area contributed by atoms with Gasteiger partial charge in [0.2, 0.25) is 0 Å². The first kappa shape index (κ1) is 22.6. The molecule has 4 rings (SSSR count). The van der Waals surface area contributed by atoms with Crippen molar-refractivity contribution in [2.45, 2.75) is 96.9 Å². The van der Waals surface area contributed by atoms with Gasteiger partial charge < -0.3 is 0 Å². The summed E-state index contributed by atoms with van der Waals surface area (Å²) in [6.45, 7) is 19.3. The molecule has 0 N–H and O–H groups in total. The van der Waals surface area contributed by atoms with E-state index in [9.17, 15) is 0 Å². The Balaban J connectivity index is 1.52. The second-order valence-electron chi connectivity index (χ2n) is 11.6. The summed E-state index contributed by atoms with van der Waals surface area (Å²) in [5.74, 6) is 0.708. The standard InChI is InChI=1S/C26H42ClN3/c1-25(2,3)30-14-11-24(28-17-20-9-10-23(27)15-21(20)18-28)22(19-30)16-26(4,5)29-12-7-6-8-13-29/h9-10,15,22,24H,6-8,11-14,16-19H2,1-5H3. The van der Waals surface area contributed by atoms with E-state index in [0.29, 0.717) is 12.0 Å². The van der Waals surface area contributed by atoms with Crippen LogP contribution in [0.5, 0.6) is 0 Å². The molecule has 2 atom stereocenters. The summed E-state index contributed by atoms with van der Waals surface area (Å²) < 4.78 is 0. The minimum atomic E-state index is 0.250. The normalized spacial score (nSPS) is 27.4. The van der Waals surface area contributed by atoms with E-state index in [1.807, 2.05) is 0 Å². The molecule has 1 aromatic carbocycles. The van der Waals surface area contributed by atoms with Crippen molar-refractivity contribution in [2.24, 2.45) is 5.92 Å². The maximum Gasteiger partial charge on any atom is 0.0409 e. The Labute approximate surface area is 189 Å². The molecule has 0 amide bonds. The van der Waals surface area contributed by atoms with Gasteiger partial charge in [-0.05, 0) is 103 Å². The minimum Gasteiger partial charge on any atom is -0.298 e. The lowest BCUT2D eigenvalue weighted by atomic mass is 9.79. The lowest BCUT2D eigenvalue weighted by Crippen LogP contribution is -2.57. The van der Waals surface area contributed by atoms with Gasteiger partial charge in [-0.15, -0.1) is 0 Å². The highest BCUT2D eigenvalue weighted by atomic mass is 35.5. The summed E-state index contributed by atoms with van der Waals surface area (Å²) in [7, 11) is 0. The number of hydrogen-bond acceptors (Lipinski definition) is 3. The summed E-state index contributed by atoms with van der Waals surface area (Å²) >= 11 is 6.30. The summed E-state index contributed by atoms with van der Waals surface area (Å²) in [6.07, 6.45) is 6.71. The Morgan fingerprint density at radius 2 is 1.60 bits per heavy atom. The highest BCUT2D eigenvalue weighted by Gasteiger charge is 2.42. The van der Waals surface area contributed by atoms with Crippen LogP contribution in [0.4, 0.5) is 0 Å². The van der Waals surface area contributed by atoms with Crippen LogP contribution in [-0.4, -0.2) is 58.0 Å². The molecule has 4 heteroatoms. The van der Waals surface area contributed by atoms with Crippen molar-refractivity contribution in [1.82, 2.24) is 14.7 Å². The Morgan fingerprint density at radius 3 is 2.30 bits per heavy atom. The Bertz CT molecular complexity index is 732. The van der Waals surface area contributed by atoms with Gasteiger partial charge in [-0.3, -0.25) is 14.7 Å². The van der Waals surface area contributed by atoms with Gasteiger partial charge in [0.15, 0.2) is 0 Å². The van der Waals surface area contributed by atoms with E-state index < -0.39 is 0 Å². The van der Waals surface area contributed by atoms with Gasteiger partial charge in [0, 0.05) is 48.3 Å². The van der Waals surface area contributed by atoms with Gasteiger partial charge >= 0.3 is 0 Å². The molecule has 0 spiro atoms. The molecule has 0 aromatic heterocycles. The molecule has 2 unspecified atom stereocenters. The smallest absolute Gasteiger partial charge is 0.0409 e. The molecule has 30 heavy (non-hydrogen) atoms. The predicted molar refractivity (Wildman–Crippen MR) is 128 cm³/mol. The third-order valence-corrected chi connectivity index (χ3v) is 8.24. The zero-order valence-electron chi connectivity index (χ0n) is 19.9. The molecule has 168 valence electrons. The van der Waals surface area contributed by atoms with Crippen molar-refractivity contribution in [3.05, 3.63) is 34.3 Å². The maximum atomic E-state index is 6.30. The van der Waals surface area contributed by atoms with Crippen LogP contribution in [0.25, 0.3) is 0 Å². The Morgan fingerprint density at radius 1 is 0.900 bits per heavy atom. The number of likely N-dealkylation sites (tertiary alicyclic amines) is 2. The van der Waals surface area contributed by atoms with Crippen LogP contribution in [0.1, 0.15) is 77.8 Å². The zero-order chi connectivity index (χ0) is 21.5. The van der Waals surface area contributed by atoms with E-state index in [-0.39, 0.29) is 11.1 Å². The van der Waals surface area contributed by atoms with Crippen LogP contribution < -0.4 is 0 Å². The minimum absolute atomic E-state index is 0.250. The average molecular weight is 432 g/mol. The van der Waals surface area contributed by atoms with E-state index in [1.54, 1.807) is 0 Å². The van der Waals surface area contributed by atoms with Crippen molar-refractivity contribution in [3.63, 3.8) is 0 Å². The molecule has 0 radical (unpaired) electrons. The van der Waals surface area contributed by atoms with Crippen molar-refractivity contribution in [2.75, 3.05) is 26.2 Å². The molecule has 0 aliphatic carbocycles. The fraction of sp³-hybridized carbons (Fsp3) is 0.769. The fourth-order valence-corrected chi connectivity index (χ4v) is 6.40. The summed E-state index contributed by atoms with van der Waals surface area (Å²) in [4.78, 5) is 8.28. The molecule has 0 bridgehead atoms. The summed E-state index contributed by atoms with van der Waals surface area (Å²) in [5, 5.41) is 0.876. The topological polar surface area (TPSA) is 9.72 Å². The lowest BCUT2D eigenvalue weighted by Gasteiger charge is -2.51. The van der Waals surface area contributed by atoms with E-state index in [1.165, 1.54) is 69.4 Å². The van der Waals surface area contributed by atoms with Gasteiger partial charge in [-0.25, -0.2) is 0 Å². The van der Waals surface area contributed by atoms with Crippen molar-refractivity contribution in [1.29, 1.82) is 0 Å². The first-order valence-electron chi connectivity index (χ1n) is 12.1. The van der Waals surface area contributed by atoms with Crippen molar-refractivity contribution >= 4 is 11.6 Å². The maximum absolute atomic E-state index is 6.30. The SMILES string of the molecule is CC(C)(C)N1CCC(N2Cc3ccc(Cl)cc3C2)C(CC(C)(C)N2CCCCC2)C1. The first-order chi connectivity index (χ1) is 14.1. The van der Waals surface area contributed by atoms with Crippen molar-refractivity contribution < 1.29 is 0 Å². The van der Waals surface area contributed by atoms with Crippen LogP contribution in [0.15, 0.2) is 18.2 Å². The Hall–Kier alpha value is -0.610. The number of benzene rings is 1. The second kappa shape index (κ2) is 8.73. The number of fused-ring (bicyclic) bond motifs is 1. The number of halogens is 1. The van der Waals surface area contributed by atoms with Gasteiger partial charge in [-0.2, -0.15) is 0 Å². The average Bonchev–Trinajstić information content (AvgIpc) is 3.10. The number of nitrogens with zero attached hydrogens (tertiary/aromatic N) is 3. The third-order valence-electron chi connectivity index (χ3n) is 8.00. The highest BCUT2D eigenvalue weighted by molar-refractivity contribution is 6.30. The molecule has 2 saturated heterocycles. The zero-order valence-corrected chi connectivity index (χ0v) is 20.6. The monoisotopic (exact) mass is 431 g/mol. The quantitative estimate of drug-likeness (QED) is 0.596. The van der Waals surface area contributed by atoms with E-state index in [0.717, 1.165) is 18.1 Å². The van der Waals surface area contributed by atoms with E-state index >= 15 is 0 Å². The number of hydrogen-bond donors (Lipinski definition) is 0. The van der Waals surface area contributed by atoms with Gasteiger partial charge in [0.1, 0.15) is 0 Å². The number of piperidine rings is 2. The van der Waals surface area contributed by atoms with Gasteiger partial charge in [-0.1, -0.05) is 24.1 Å². The third kappa shape index (κ3) is 4.90.